The summed E-state index contributed by atoms with van der Waals surface area (Å²) in [6.45, 7) is 3.20. The first-order chi connectivity index (χ1) is 7.31. The monoisotopic (exact) mass is 225 g/mol. The Labute approximate surface area is 93.7 Å². The van der Waals surface area contributed by atoms with Crippen LogP contribution in [0.3, 0.4) is 0 Å². The van der Waals surface area contributed by atoms with Gasteiger partial charge in [0.15, 0.2) is 0 Å². The number of anilines is 1. The van der Waals surface area contributed by atoms with Crippen molar-refractivity contribution in [1.29, 1.82) is 0 Å². The average molecular weight is 225 g/mol. The molecule has 2 heterocycles. The van der Waals surface area contributed by atoms with Gasteiger partial charge in [0.1, 0.15) is 0 Å². The summed E-state index contributed by atoms with van der Waals surface area (Å²) in [5, 5.41) is 8.89. The molecule has 0 radical (unpaired) electrons. The number of nitrogens with zero attached hydrogens (tertiary/aromatic N) is 3. The zero-order valence-electron chi connectivity index (χ0n) is 8.76. The molecule has 1 fully saturated rings. The van der Waals surface area contributed by atoms with Crippen LogP contribution in [0.5, 0.6) is 0 Å². The van der Waals surface area contributed by atoms with Gasteiger partial charge in [-0.1, -0.05) is 0 Å². The van der Waals surface area contributed by atoms with Crippen molar-refractivity contribution in [1.82, 2.24) is 9.97 Å². The Hall–Kier alpha value is -0.810. The Kier molecular flexibility index (Phi) is 3.43. The highest BCUT2D eigenvalue weighted by Gasteiger charge is 2.20. The summed E-state index contributed by atoms with van der Waals surface area (Å²) >= 11 is 1.97. The molecule has 4 nitrogen and oxygen atoms in total. The van der Waals surface area contributed by atoms with Gasteiger partial charge in [-0.3, -0.25) is 0 Å². The summed E-state index contributed by atoms with van der Waals surface area (Å²) in [5.74, 6) is 3.04. The van der Waals surface area contributed by atoms with Crippen molar-refractivity contribution in [2.75, 3.05) is 23.0 Å². The summed E-state index contributed by atoms with van der Waals surface area (Å²) in [7, 11) is 0. The van der Waals surface area contributed by atoms with E-state index in [2.05, 4.69) is 21.8 Å². The third-order valence-corrected chi connectivity index (χ3v) is 3.69. The molecule has 0 spiro atoms. The Balaban J connectivity index is 2.13. The minimum Gasteiger partial charge on any atom is -0.392 e. The van der Waals surface area contributed by atoms with E-state index in [0.29, 0.717) is 6.04 Å². The lowest BCUT2D eigenvalue weighted by Crippen LogP contribution is -2.41. The maximum atomic E-state index is 8.89. The second-order valence-electron chi connectivity index (χ2n) is 3.67. The lowest BCUT2D eigenvalue weighted by molar-refractivity contribution is 0.281. The van der Waals surface area contributed by atoms with Gasteiger partial charge < -0.3 is 10.0 Å². The zero-order valence-corrected chi connectivity index (χ0v) is 9.57. The van der Waals surface area contributed by atoms with E-state index in [1.165, 1.54) is 0 Å². The van der Waals surface area contributed by atoms with E-state index in [0.717, 1.165) is 29.6 Å². The van der Waals surface area contributed by atoms with Crippen LogP contribution in [0.1, 0.15) is 12.5 Å². The second-order valence-corrected chi connectivity index (χ2v) is 4.82. The van der Waals surface area contributed by atoms with Crippen LogP contribution >= 0.6 is 11.8 Å². The molecule has 1 aliphatic heterocycles. The quantitative estimate of drug-likeness (QED) is 0.810. The fourth-order valence-corrected chi connectivity index (χ4v) is 2.62. The van der Waals surface area contributed by atoms with Crippen LogP contribution in [-0.4, -0.2) is 39.2 Å². The Bertz CT molecular complexity index is 317. The molecular weight excluding hydrogens is 210 g/mol. The number of rotatable bonds is 2. The molecule has 1 atom stereocenters. The van der Waals surface area contributed by atoms with Crippen LogP contribution in [-0.2, 0) is 6.61 Å². The standard InChI is InChI=1S/C10H15N3OS/c1-8-7-15-3-2-13(8)10-11-4-9(6-14)5-12-10/h4-5,8,14H,2-3,6-7H2,1H3. The second kappa shape index (κ2) is 4.81. The Morgan fingerprint density at radius 2 is 2.27 bits per heavy atom. The molecule has 0 saturated carbocycles. The van der Waals surface area contributed by atoms with E-state index in [-0.39, 0.29) is 6.61 Å². The Morgan fingerprint density at radius 3 is 2.87 bits per heavy atom. The van der Waals surface area contributed by atoms with Gasteiger partial charge in [-0.05, 0) is 6.92 Å². The van der Waals surface area contributed by atoms with Gasteiger partial charge >= 0.3 is 0 Å². The van der Waals surface area contributed by atoms with Crippen molar-refractivity contribution in [2.24, 2.45) is 0 Å². The van der Waals surface area contributed by atoms with E-state index in [1.807, 2.05) is 11.8 Å². The van der Waals surface area contributed by atoms with Crippen LogP contribution in [0.15, 0.2) is 12.4 Å². The molecular formula is C10H15N3OS. The molecule has 1 aromatic heterocycles. The van der Waals surface area contributed by atoms with E-state index in [9.17, 15) is 0 Å². The molecule has 5 heteroatoms. The number of aliphatic hydroxyl groups is 1. The zero-order chi connectivity index (χ0) is 10.7. The van der Waals surface area contributed by atoms with Crippen LogP contribution < -0.4 is 4.90 Å². The van der Waals surface area contributed by atoms with Crippen molar-refractivity contribution in [3.8, 4) is 0 Å². The molecule has 0 aromatic carbocycles. The summed E-state index contributed by atoms with van der Waals surface area (Å²) in [6, 6.07) is 0.490. The topological polar surface area (TPSA) is 49.2 Å². The van der Waals surface area contributed by atoms with E-state index in [1.54, 1.807) is 12.4 Å². The van der Waals surface area contributed by atoms with Crippen molar-refractivity contribution in [3.63, 3.8) is 0 Å². The number of thioether (sulfide) groups is 1. The predicted octanol–water partition coefficient (Wildman–Crippen LogP) is 0.911. The van der Waals surface area contributed by atoms with Gasteiger partial charge in [0.2, 0.25) is 5.95 Å². The molecule has 15 heavy (non-hydrogen) atoms. The smallest absolute Gasteiger partial charge is 0.225 e. The van der Waals surface area contributed by atoms with Gasteiger partial charge in [-0.2, -0.15) is 11.8 Å². The highest BCUT2D eigenvalue weighted by atomic mass is 32.2. The molecule has 1 aliphatic rings. The highest BCUT2D eigenvalue weighted by Crippen LogP contribution is 2.20. The fraction of sp³-hybridized carbons (Fsp3) is 0.600. The number of aliphatic hydroxyl groups excluding tert-OH is 1. The SMILES string of the molecule is CC1CSCCN1c1ncc(CO)cn1. The van der Waals surface area contributed by atoms with E-state index in [4.69, 9.17) is 5.11 Å². The Morgan fingerprint density at radius 1 is 1.53 bits per heavy atom. The van der Waals surface area contributed by atoms with Crippen molar-refractivity contribution >= 4 is 17.7 Å². The molecule has 0 amide bonds. The molecule has 2 rings (SSSR count). The van der Waals surface area contributed by atoms with Crippen LogP contribution in [0, 0.1) is 0 Å². The third kappa shape index (κ3) is 2.41. The first-order valence-electron chi connectivity index (χ1n) is 5.07. The summed E-state index contributed by atoms with van der Waals surface area (Å²) in [5.41, 5.74) is 0.762. The maximum Gasteiger partial charge on any atom is 0.225 e. The summed E-state index contributed by atoms with van der Waals surface area (Å²) < 4.78 is 0. The van der Waals surface area contributed by atoms with Crippen LogP contribution in [0.25, 0.3) is 0 Å². The largest absolute Gasteiger partial charge is 0.392 e. The first kappa shape index (κ1) is 10.7. The number of aromatic nitrogens is 2. The van der Waals surface area contributed by atoms with Gasteiger partial charge in [-0.25, -0.2) is 9.97 Å². The number of hydrogen-bond donors (Lipinski definition) is 1. The van der Waals surface area contributed by atoms with Crippen LogP contribution in [0.4, 0.5) is 5.95 Å². The van der Waals surface area contributed by atoms with Crippen LogP contribution in [0.2, 0.25) is 0 Å². The third-order valence-electron chi connectivity index (χ3n) is 2.50. The van der Waals surface area contributed by atoms with Crippen molar-refractivity contribution < 1.29 is 5.11 Å². The van der Waals surface area contributed by atoms with Gasteiger partial charge in [-0.15, -0.1) is 0 Å². The fourth-order valence-electron chi connectivity index (χ4n) is 1.60. The van der Waals surface area contributed by atoms with Gasteiger partial charge in [0.25, 0.3) is 0 Å². The van der Waals surface area contributed by atoms with Gasteiger partial charge in [0, 0.05) is 42.0 Å². The molecule has 1 N–H and O–H groups in total. The average Bonchev–Trinajstić information content (AvgIpc) is 2.30. The molecule has 1 aromatic rings. The highest BCUT2D eigenvalue weighted by molar-refractivity contribution is 7.99. The maximum absolute atomic E-state index is 8.89. The summed E-state index contributed by atoms with van der Waals surface area (Å²) in [6.07, 6.45) is 3.38. The lowest BCUT2D eigenvalue weighted by atomic mass is 10.3. The van der Waals surface area contributed by atoms with Gasteiger partial charge in [0.05, 0.1) is 6.61 Å². The molecule has 82 valence electrons. The van der Waals surface area contributed by atoms with Crippen molar-refractivity contribution in [3.05, 3.63) is 18.0 Å². The van der Waals surface area contributed by atoms with E-state index < -0.39 is 0 Å². The van der Waals surface area contributed by atoms with E-state index >= 15 is 0 Å². The lowest BCUT2D eigenvalue weighted by Gasteiger charge is -2.32. The summed E-state index contributed by atoms with van der Waals surface area (Å²) in [4.78, 5) is 10.8. The molecule has 1 unspecified atom stereocenters. The first-order valence-corrected chi connectivity index (χ1v) is 6.23. The molecule has 1 saturated heterocycles. The normalized spacial score (nSPS) is 21.7. The molecule has 0 bridgehead atoms. The predicted molar refractivity (Wildman–Crippen MR) is 62.1 cm³/mol. The minimum atomic E-state index is 0.00564. The number of hydrogen-bond acceptors (Lipinski definition) is 5. The minimum absolute atomic E-state index is 0.00564. The van der Waals surface area contributed by atoms with Crippen molar-refractivity contribution in [2.45, 2.75) is 19.6 Å². The molecule has 0 aliphatic carbocycles.